The number of hydrogen-bond acceptors (Lipinski definition) is 3. The number of rotatable bonds is 4. The van der Waals surface area contributed by atoms with Crippen molar-refractivity contribution in [2.24, 2.45) is 0 Å². The predicted molar refractivity (Wildman–Crippen MR) is 86.8 cm³/mol. The largest absolute Gasteiger partial charge is 0.272 e. The number of carbonyl (C=O) groups excluding carboxylic acids is 2. The summed E-state index contributed by atoms with van der Waals surface area (Å²) in [6, 6.07) is 9.92. The molecule has 0 unspecified atom stereocenters. The van der Waals surface area contributed by atoms with Crippen LogP contribution in [0.1, 0.15) is 10.4 Å². The van der Waals surface area contributed by atoms with Crippen LogP contribution in [-0.4, -0.2) is 17.6 Å². The summed E-state index contributed by atoms with van der Waals surface area (Å²) in [5, 5.41) is 0. The highest BCUT2D eigenvalue weighted by Gasteiger charge is 2.13. The predicted octanol–water partition coefficient (Wildman–Crippen LogP) is 3.28. The zero-order valence-corrected chi connectivity index (χ0v) is 14.0. The van der Waals surface area contributed by atoms with Crippen molar-refractivity contribution in [3.63, 3.8) is 0 Å². The molecule has 0 fully saturated rings. The van der Waals surface area contributed by atoms with Crippen molar-refractivity contribution in [3.05, 3.63) is 64.1 Å². The summed E-state index contributed by atoms with van der Waals surface area (Å²) in [7, 11) is 0. The Bertz CT molecular complexity index is 743. The molecule has 0 saturated carbocycles. The molecule has 0 bridgehead atoms. The fourth-order valence-electron chi connectivity index (χ4n) is 1.61. The quantitative estimate of drug-likeness (QED) is 0.611. The van der Waals surface area contributed by atoms with E-state index in [4.69, 9.17) is 0 Å². The third-order valence-corrected chi connectivity index (χ3v) is 4.23. The number of carbonyl (C=O) groups is 2. The molecule has 4 nitrogen and oxygen atoms in total. The highest BCUT2D eigenvalue weighted by Crippen LogP contribution is 2.20. The van der Waals surface area contributed by atoms with Gasteiger partial charge in [0.15, 0.2) is 0 Å². The highest BCUT2D eigenvalue weighted by atomic mass is 79.9. The van der Waals surface area contributed by atoms with Gasteiger partial charge in [-0.2, -0.15) is 0 Å². The lowest BCUT2D eigenvalue weighted by atomic mass is 10.2. The van der Waals surface area contributed by atoms with Crippen LogP contribution in [0.25, 0.3) is 0 Å². The minimum absolute atomic E-state index is 0.0951. The molecular weight excluding hydrogens is 390 g/mol. The van der Waals surface area contributed by atoms with E-state index in [0.717, 1.165) is 17.8 Å². The van der Waals surface area contributed by atoms with E-state index in [9.17, 15) is 18.4 Å². The molecule has 2 N–H and O–H groups in total. The fourth-order valence-corrected chi connectivity index (χ4v) is 2.71. The highest BCUT2D eigenvalue weighted by molar-refractivity contribution is 9.10. The monoisotopic (exact) mass is 400 g/mol. The summed E-state index contributed by atoms with van der Waals surface area (Å²) in [6.45, 7) is 0. The van der Waals surface area contributed by atoms with E-state index in [1.165, 1.54) is 18.2 Å². The van der Waals surface area contributed by atoms with Gasteiger partial charge in [0.25, 0.3) is 5.91 Å². The average Bonchev–Trinajstić information content (AvgIpc) is 2.54. The summed E-state index contributed by atoms with van der Waals surface area (Å²) in [6.07, 6.45) is 0. The summed E-state index contributed by atoms with van der Waals surface area (Å²) in [5.41, 5.74) is 4.06. The molecule has 0 saturated heterocycles. The normalized spacial score (nSPS) is 10.2. The van der Waals surface area contributed by atoms with Crippen molar-refractivity contribution in [1.82, 2.24) is 10.9 Å². The third kappa shape index (κ3) is 5.04. The van der Waals surface area contributed by atoms with Gasteiger partial charge >= 0.3 is 0 Å². The Morgan fingerprint density at radius 2 is 1.78 bits per heavy atom. The molecule has 120 valence electrons. The second-order valence-corrected chi connectivity index (χ2v) is 6.28. The molecule has 0 aromatic heterocycles. The summed E-state index contributed by atoms with van der Waals surface area (Å²) >= 11 is 4.12. The first-order valence-electron chi connectivity index (χ1n) is 6.39. The zero-order chi connectivity index (χ0) is 16.8. The van der Waals surface area contributed by atoms with Crippen LogP contribution < -0.4 is 10.9 Å². The maximum Gasteiger partial charge on any atom is 0.272 e. The van der Waals surface area contributed by atoms with E-state index in [-0.39, 0.29) is 11.3 Å². The average molecular weight is 401 g/mol. The van der Waals surface area contributed by atoms with Crippen molar-refractivity contribution < 1.29 is 18.4 Å². The molecule has 0 aliphatic rings. The molecule has 2 amide bonds. The van der Waals surface area contributed by atoms with Crippen LogP contribution in [0.3, 0.4) is 0 Å². The van der Waals surface area contributed by atoms with Crippen molar-refractivity contribution in [2.75, 3.05) is 5.75 Å². The summed E-state index contributed by atoms with van der Waals surface area (Å²) in [5.74, 6) is -2.55. The molecule has 0 spiro atoms. The van der Waals surface area contributed by atoms with Crippen LogP contribution in [0.2, 0.25) is 0 Å². The first-order chi connectivity index (χ1) is 11.0. The van der Waals surface area contributed by atoms with Gasteiger partial charge in [0.2, 0.25) is 5.91 Å². The molecule has 8 heteroatoms. The molecule has 2 rings (SSSR count). The van der Waals surface area contributed by atoms with Gasteiger partial charge in [-0.25, -0.2) is 8.78 Å². The van der Waals surface area contributed by atoms with E-state index in [0.29, 0.717) is 9.37 Å². The lowest BCUT2D eigenvalue weighted by Crippen LogP contribution is -2.42. The molecule has 2 aromatic carbocycles. The minimum atomic E-state index is -0.784. The molecular formula is C15H11BrF2N2O2S. The van der Waals surface area contributed by atoms with Crippen LogP contribution in [0.15, 0.2) is 51.8 Å². The first-order valence-corrected chi connectivity index (χ1v) is 8.17. The zero-order valence-electron chi connectivity index (χ0n) is 11.6. The molecule has 0 radical (unpaired) electrons. The van der Waals surface area contributed by atoms with E-state index < -0.39 is 23.4 Å². The second kappa shape index (κ2) is 8.07. The number of thioether (sulfide) groups is 1. The Balaban J connectivity index is 1.86. The number of nitrogens with one attached hydrogen (secondary N) is 2. The smallest absolute Gasteiger partial charge is 0.272 e. The van der Waals surface area contributed by atoms with Crippen molar-refractivity contribution in [3.8, 4) is 0 Å². The topological polar surface area (TPSA) is 58.2 Å². The van der Waals surface area contributed by atoms with Gasteiger partial charge in [-0.05, 0) is 30.3 Å². The number of hydrogen-bond donors (Lipinski definition) is 2. The molecule has 0 atom stereocenters. The first kappa shape index (κ1) is 17.4. The van der Waals surface area contributed by atoms with Crippen molar-refractivity contribution in [1.29, 1.82) is 0 Å². The summed E-state index contributed by atoms with van der Waals surface area (Å²) in [4.78, 5) is 23.8. The van der Waals surface area contributed by atoms with Gasteiger partial charge in [0.05, 0.1) is 11.3 Å². The van der Waals surface area contributed by atoms with Gasteiger partial charge < -0.3 is 0 Å². The minimum Gasteiger partial charge on any atom is -0.272 e. The Morgan fingerprint density at radius 3 is 2.52 bits per heavy atom. The van der Waals surface area contributed by atoms with Crippen LogP contribution >= 0.6 is 27.7 Å². The van der Waals surface area contributed by atoms with Crippen molar-refractivity contribution >= 4 is 39.5 Å². The lowest BCUT2D eigenvalue weighted by Gasteiger charge is -2.08. The van der Waals surface area contributed by atoms with Gasteiger partial charge in [-0.3, -0.25) is 20.4 Å². The molecule has 0 aliphatic carbocycles. The standard InChI is InChI=1S/C15H11BrF2N2O2S/c16-9-5-6-11(17)10(7-9)15(22)20-19-14(21)8-23-13-4-2-1-3-12(13)18/h1-7H,8H2,(H,19,21)(H,20,22). The molecule has 23 heavy (non-hydrogen) atoms. The van der Waals surface area contributed by atoms with Gasteiger partial charge in [-0.15, -0.1) is 11.8 Å². The molecule has 0 heterocycles. The van der Waals surface area contributed by atoms with Gasteiger partial charge in [0.1, 0.15) is 11.6 Å². The van der Waals surface area contributed by atoms with E-state index >= 15 is 0 Å². The van der Waals surface area contributed by atoms with E-state index in [1.54, 1.807) is 18.2 Å². The van der Waals surface area contributed by atoms with E-state index in [2.05, 4.69) is 26.8 Å². The Hall–Kier alpha value is -1.93. The Labute approximate surface area is 143 Å². The van der Waals surface area contributed by atoms with E-state index in [1.807, 2.05) is 0 Å². The Kier molecular flexibility index (Phi) is 6.12. The third-order valence-electron chi connectivity index (χ3n) is 2.68. The SMILES string of the molecule is O=C(CSc1ccccc1F)NNC(=O)c1cc(Br)ccc1F. The van der Waals surface area contributed by atoms with Crippen LogP contribution in [0, 0.1) is 11.6 Å². The lowest BCUT2D eigenvalue weighted by molar-refractivity contribution is -0.119. The molecule has 2 aromatic rings. The fraction of sp³-hybridized carbons (Fsp3) is 0.0667. The number of benzene rings is 2. The number of hydrazine groups is 1. The van der Waals surface area contributed by atoms with Gasteiger partial charge in [0, 0.05) is 9.37 Å². The van der Waals surface area contributed by atoms with Crippen LogP contribution in [0.4, 0.5) is 8.78 Å². The van der Waals surface area contributed by atoms with Crippen LogP contribution in [0.5, 0.6) is 0 Å². The van der Waals surface area contributed by atoms with Crippen LogP contribution in [-0.2, 0) is 4.79 Å². The maximum absolute atomic E-state index is 13.5. The summed E-state index contributed by atoms with van der Waals surface area (Å²) < 4.78 is 27.4. The van der Waals surface area contributed by atoms with Gasteiger partial charge in [-0.1, -0.05) is 28.1 Å². The number of amides is 2. The Morgan fingerprint density at radius 1 is 1.04 bits per heavy atom. The molecule has 0 aliphatic heterocycles. The van der Waals surface area contributed by atoms with Crippen molar-refractivity contribution in [2.45, 2.75) is 4.90 Å². The second-order valence-electron chi connectivity index (χ2n) is 4.35. The maximum atomic E-state index is 13.5. The number of halogens is 3.